The van der Waals surface area contributed by atoms with Gasteiger partial charge in [-0.05, 0) is 61.4 Å². The Hall–Kier alpha value is -3.20. The molecule has 0 radical (unpaired) electrons. The Labute approximate surface area is 181 Å². The van der Waals surface area contributed by atoms with E-state index >= 15 is 0 Å². The van der Waals surface area contributed by atoms with Crippen molar-refractivity contribution in [2.24, 2.45) is 5.92 Å². The number of nitrogens with zero attached hydrogens (tertiary/aromatic N) is 1. The van der Waals surface area contributed by atoms with E-state index in [0.29, 0.717) is 25.2 Å². The van der Waals surface area contributed by atoms with Crippen molar-refractivity contribution in [2.45, 2.75) is 17.7 Å². The zero-order valence-electron chi connectivity index (χ0n) is 16.9. The Bertz CT molecular complexity index is 1050. The minimum absolute atomic E-state index is 0.0665. The molecule has 2 aromatic rings. The van der Waals surface area contributed by atoms with E-state index in [0.717, 1.165) is 25.0 Å². The zero-order valence-corrected chi connectivity index (χ0v) is 17.7. The molecule has 0 spiro atoms. The summed E-state index contributed by atoms with van der Waals surface area (Å²) in [5.41, 5.74) is 0.679. The van der Waals surface area contributed by atoms with Crippen LogP contribution in [0, 0.1) is 11.7 Å². The highest BCUT2D eigenvalue weighted by molar-refractivity contribution is 7.92. The highest BCUT2D eigenvalue weighted by Gasteiger charge is 2.28. The van der Waals surface area contributed by atoms with Gasteiger partial charge < -0.3 is 10.2 Å². The Kier molecular flexibility index (Phi) is 7.06. The van der Waals surface area contributed by atoms with E-state index < -0.39 is 15.8 Å². The van der Waals surface area contributed by atoms with E-state index in [-0.39, 0.29) is 28.3 Å². The summed E-state index contributed by atoms with van der Waals surface area (Å²) in [5, 5.41) is 2.77. The van der Waals surface area contributed by atoms with Gasteiger partial charge in [-0.25, -0.2) is 12.8 Å². The van der Waals surface area contributed by atoms with Crippen LogP contribution in [-0.2, 0) is 14.8 Å². The number of likely N-dealkylation sites (tertiary alicyclic amines) is 1. The molecule has 2 N–H and O–H groups in total. The van der Waals surface area contributed by atoms with Gasteiger partial charge in [0, 0.05) is 30.9 Å². The molecule has 7 nitrogen and oxygen atoms in total. The van der Waals surface area contributed by atoms with Gasteiger partial charge in [-0.3, -0.25) is 14.3 Å². The van der Waals surface area contributed by atoms with E-state index in [2.05, 4.69) is 16.6 Å². The number of carbonyl (C=O) groups excluding carboxylic acids is 2. The second kappa shape index (κ2) is 9.74. The largest absolute Gasteiger partial charge is 0.352 e. The summed E-state index contributed by atoms with van der Waals surface area (Å²) in [6.45, 7) is 4.85. The summed E-state index contributed by atoms with van der Waals surface area (Å²) in [5.74, 6) is -1.10. The fourth-order valence-electron chi connectivity index (χ4n) is 3.38. The molecule has 2 aromatic carbocycles. The highest BCUT2D eigenvalue weighted by Crippen LogP contribution is 2.21. The smallest absolute Gasteiger partial charge is 0.261 e. The minimum atomic E-state index is -3.87. The first kappa shape index (κ1) is 22.5. The topological polar surface area (TPSA) is 95.6 Å². The number of sulfonamides is 1. The summed E-state index contributed by atoms with van der Waals surface area (Å²) < 4.78 is 40.2. The van der Waals surface area contributed by atoms with Gasteiger partial charge in [0.25, 0.3) is 15.9 Å². The molecule has 1 aliphatic heterocycles. The third-order valence-corrected chi connectivity index (χ3v) is 6.41. The molecule has 0 aliphatic carbocycles. The van der Waals surface area contributed by atoms with Crippen LogP contribution in [0.4, 0.5) is 10.1 Å². The lowest BCUT2D eigenvalue weighted by Gasteiger charge is -2.32. The Morgan fingerprint density at radius 2 is 1.81 bits per heavy atom. The van der Waals surface area contributed by atoms with E-state index in [4.69, 9.17) is 0 Å². The van der Waals surface area contributed by atoms with Gasteiger partial charge in [-0.2, -0.15) is 0 Å². The first-order chi connectivity index (χ1) is 14.8. The number of nitrogens with one attached hydrogen (secondary N) is 2. The van der Waals surface area contributed by atoms with Crippen molar-refractivity contribution in [3.8, 4) is 0 Å². The maximum absolute atomic E-state index is 13.0. The summed E-state index contributed by atoms with van der Waals surface area (Å²) in [7, 11) is -3.87. The monoisotopic (exact) mass is 445 g/mol. The Morgan fingerprint density at radius 3 is 2.45 bits per heavy atom. The second-order valence-electron chi connectivity index (χ2n) is 7.26. The standard InChI is InChI=1S/C22H24FN3O4S/c1-2-13-24-21(27)17-4-3-14-26(15-17)22(28)16-5-9-19(10-6-16)25-31(29,30)20-11-7-18(23)8-12-20/h2,5-12,17,25H,1,3-4,13-15H2,(H,24,27)/t17-/m0/s1. The maximum atomic E-state index is 13.0. The summed E-state index contributed by atoms with van der Waals surface area (Å²) in [6, 6.07) is 10.5. The van der Waals surface area contributed by atoms with Crippen molar-refractivity contribution in [3.63, 3.8) is 0 Å². The van der Waals surface area contributed by atoms with Gasteiger partial charge in [-0.1, -0.05) is 6.08 Å². The summed E-state index contributed by atoms with van der Waals surface area (Å²) >= 11 is 0. The van der Waals surface area contributed by atoms with Crippen molar-refractivity contribution < 1.29 is 22.4 Å². The first-order valence-corrected chi connectivity index (χ1v) is 11.3. The van der Waals surface area contributed by atoms with Crippen LogP contribution < -0.4 is 10.0 Å². The lowest BCUT2D eigenvalue weighted by Crippen LogP contribution is -2.45. The van der Waals surface area contributed by atoms with Crippen LogP contribution >= 0.6 is 0 Å². The molecule has 1 saturated heterocycles. The van der Waals surface area contributed by atoms with Gasteiger partial charge in [0.05, 0.1) is 10.8 Å². The first-order valence-electron chi connectivity index (χ1n) is 9.86. The maximum Gasteiger partial charge on any atom is 0.261 e. The number of amides is 2. The highest BCUT2D eigenvalue weighted by atomic mass is 32.2. The predicted octanol–water partition coefficient (Wildman–Crippen LogP) is 2.78. The van der Waals surface area contributed by atoms with Crippen LogP contribution in [0.15, 0.2) is 66.1 Å². The third kappa shape index (κ3) is 5.69. The van der Waals surface area contributed by atoms with E-state index in [1.807, 2.05) is 0 Å². The molecule has 0 bridgehead atoms. The molecule has 0 aromatic heterocycles. The molecular weight excluding hydrogens is 421 g/mol. The molecule has 164 valence electrons. The summed E-state index contributed by atoms with van der Waals surface area (Å²) in [6.07, 6.45) is 3.06. The number of hydrogen-bond acceptors (Lipinski definition) is 4. The van der Waals surface area contributed by atoms with Gasteiger partial charge >= 0.3 is 0 Å². The molecular formula is C22H24FN3O4S. The fourth-order valence-corrected chi connectivity index (χ4v) is 4.44. The number of piperidine rings is 1. The molecule has 31 heavy (non-hydrogen) atoms. The van der Waals surface area contributed by atoms with Crippen LogP contribution in [0.1, 0.15) is 23.2 Å². The van der Waals surface area contributed by atoms with E-state index in [9.17, 15) is 22.4 Å². The fraction of sp³-hybridized carbons (Fsp3) is 0.273. The van der Waals surface area contributed by atoms with Crippen LogP contribution in [0.5, 0.6) is 0 Å². The van der Waals surface area contributed by atoms with Crippen molar-refractivity contribution in [3.05, 3.63) is 72.6 Å². The average Bonchev–Trinajstić information content (AvgIpc) is 2.77. The molecule has 0 saturated carbocycles. The molecule has 1 atom stereocenters. The summed E-state index contributed by atoms with van der Waals surface area (Å²) in [4.78, 5) is 26.6. The lowest BCUT2D eigenvalue weighted by atomic mass is 9.96. The second-order valence-corrected chi connectivity index (χ2v) is 8.94. The van der Waals surface area contributed by atoms with Crippen LogP contribution in [0.3, 0.4) is 0 Å². The van der Waals surface area contributed by atoms with Gasteiger partial charge in [0.2, 0.25) is 5.91 Å². The van der Waals surface area contributed by atoms with Gasteiger partial charge in [0.1, 0.15) is 5.82 Å². The quantitative estimate of drug-likeness (QED) is 0.641. The zero-order chi connectivity index (χ0) is 22.4. The number of anilines is 1. The van der Waals surface area contributed by atoms with Crippen molar-refractivity contribution in [2.75, 3.05) is 24.4 Å². The van der Waals surface area contributed by atoms with E-state index in [1.165, 1.54) is 36.4 Å². The molecule has 9 heteroatoms. The van der Waals surface area contributed by atoms with Crippen molar-refractivity contribution in [1.82, 2.24) is 10.2 Å². The van der Waals surface area contributed by atoms with Crippen LogP contribution in [0.2, 0.25) is 0 Å². The Morgan fingerprint density at radius 1 is 1.13 bits per heavy atom. The van der Waals surface area contributed by atoms with E-state index in [1.54, 1.807) is 11.0 Å². The van der Waals surface area contributed by atoms with Crippen molar-refractivity contribution in [1.29, 1.82) is 0 Å². The number of benzene rings is 2. The third-order valence-electron chi connectivity index (χ3n) is 5.01. The molecule has 1 aliphatic rings. The lowest BCUT2D eigenvalue weighted by molar-refractivity contribution is -0.126. The van der Waals surface area contributed by atoms with Crippen LogP contribution in [0.25, 0.3) is 0 Å². The number of halogens is 1. The van der Waals surface area contributed by atoms with Gasteiger partial charge in [-0.15, -0.1) is 6.58 Å². The normalized spacial score (nSPS) is 16.4. The number of hydrogen-bond donors (Lipinski definition) is 2. The van der Waals surface area contributed by atoms with Crippen LogP contribution in [-0.4, -0.2) is 44.8 Å². The molecule has 2 amide bonds. The molecule has 1 heterocycles. The SMILES string of the molecule is C=CCNC(=O)[C@H]1CCCN(C(=O)c2ccc(NS(=O)(=O)c3ccc(F)cc3)cc2)C1. The number of carbonyl (C=O) groups is 2. The average molecular weight is 446 g/mol. The molecule has 0 unspecified atom stereocenters. The molecule has 3 rings (SSSR count). The molecule has 1 fully saturated rings. The Balaban J connectivity index is 1.65. The van der Waals surface area contributed by atoms with Gasteiger partial charge in [0.15, 0.2) is 0 Å². The van der Waals surface area contributed by atoms with Crippen molar-refractivity contribution >= 4 is 27.5 Å². The minimum Gasteiger partial charge on any atom is -0.352 e. The number of rotatable bonds is 7. The predicted molar refractivity (Wildman–Crippen MR) is 115 cm³/mol.